The first kappa shape index (κ1) is 14.6. The fraction of sp³-hybridized carbons (Fsp3) is 0.556. The van der Waals surface area contributed by atoms with Crippen LogP contribution >= 0.6 is 0 Å². The SMILES string of the molecule is C#CCCC1(O)CC2COCC(C1)N2Cc1ccccc1. The van der Waals surface area contributed by atoms with Gasteiger partial charge in [0, 0.05) is 25.0 Å². The molecule has 21 heavy (non-hydrogen) atoms. The Hall–Kier alpha value is -1.34. The number of ether oxygens (including phenoxy) is 1. The van der Waals surface area contributed by atoms with Crippen LogP contribution in [0.25, 0.3) is 0 Å². The minimum Gasteiger partial charge on any atom is -0.390 e. The Morgan fingerprint density at radius 2 is 1.90 bits per heavy atom. The molecule has 3 nitrogen and oxygen atoms in total. The number of rotatable bonds is 4. The number of aliphatic hydroxyl groups is 1. The van der Waals surface area contributed by atoms with Crippen LogP contribution in [0.3, 0.4) is 0 Å². The van der Waals surface area contributed by atoms with Crippen molar-refractivity contribution < 1.29 is 9.84 Å². The van der Waals surface area contributed by atoms with E-state index in [1.165, 1.54) is 5.56 Å². The van der Waals surface area contributed by atoms with Crippen LogP contribution in [0, 0.1) is 12.3 Å². The Morgan fingerprint density at radius 1 is 1.24 bits per heavy atom. The molecule has 2 aliphatic heterocycles. The van der Waals surface area contributed by atoms with Gasteiger partial charge in [-0.15, -0.1) is 12.3 Å². The average molecular weight is 285 g/mol. The van der Waals surface area contributed by atoms with Crippen LogP contribution in [-0.4, -0.2) is 40.9 Å². The standard InChI is InChI=1S/C18H23NO2/c1-2-3-9-18(20)10-16-13-21-14-17(11-18)19(16)12-15-7-5-4-6-8-15/h1,4-8,16-17,20H,3,9-14H2. The van der Waals surface area contributed by atoms with E-state index in [4.69, 9.17) is 11.2 Å². The van der Waals surface area contributed by atoms with E-state index in [0.29, 0.717) is 38.1 Å². The molecular weight excluding hydrogens is 262 g/mol. The van der Waals surface area contributed by atoms with Gasteiger partial charge in [0.25, 0.3) is 0 Å². The number of morpholine rings is 1. The molecule has 1 aromatic rings. The third kappa shape index (κ3) is 3.29. The van der Waals surface area contributed by atoms with Crippen LogP contribution in [0.5, 0.6) is 0 Å². The zero-order valence-corrected chi connectivity index (χ0v) is 12.4. The van der Waals surface area contributed by atoms with Crippen LogP contribution in [-0.2, 0) is 11.3 Å². The molecule has 2 unspecified atom stereocenters. The van der Waals surface area contributed by atoms with E-state index >= 15 is 0 Å². The molecule has 0 saturated carbocycles. The van der Waals surface area contributed by atoms with Gasteiger partial charge in [-0.1, -0.05) is 30.3 Å². The lowest BCUT2D eigenvalue weighted by Gasteiger charge is -2.51. The van der Waals surface area contributed by atoms with Crippen molar-refractivity contribution in [2.75, 3.05) is 13.2 Å². The molecule has 2 atom stereocenters. The molecule has 3 heteroatoms. The highest BCUT2D eigenvalue weighted by molar-refractivity contribution is 5.15. The quantitative estimate of drug-likeness (QED) is 0.861. The van der Waals surface area contributed by atoms with E-state index in [1.54, 1.807) is 0 Å². The minimum absolute atomic E-state index is 0.292. The lowest BCUT2D eigenvalue weighted by molar-refractivity contribution is -0.147. The number of piperidine rings is 1. The van der Waals surface area contributed by atoms with Gasteiger partial charge in [-0.05, 0) is 24.8 Å². The zero-order chi connectivity index (χ0) is 14.7. The molecule has 2 heterocycles. The Kier molecular flexibility index (Phi) is 4.30. The van der Waals surface area contributed by atoms with Crippen molar-refractivity contribution in [2.24, 2.45) is 0 Å². The summed E-state index contributed by atoms with van der Waals surface area (Å²) < 4.78 is 5.71. The van der Waals surface area contributed by atoms with Crippen molar-refractivity contribution >= 4 is 0 Å². The summed E-state index contributed by atoms with van der Waals surface area (Å²) >= 11 is 0. The first-order valence-corrected chi connectivity index (χ1v) is 7.73. The smallest absolute Gasteiger partial charge is 0.0688 e. The van der Waals surface area contributed by atoms with Gasteiger partial charge in [0.2, 0.25) is 0 Å². The Bertz CT molecular complexity index is 494. The minimum atomic E-state index is -0.612. The highest BCUT2D eigenvalue weighted by atomic mass is 16.5. The first-order valence-electron chi connectivity index (χ1n) is 7.73. The number of fused-ring (bicyclic) bond motifs is 2. The van der Waals surface area contributed by atoms with Gasteiger partial charge in [0.1, 0.15) is 0 Å². The second-order valence-electron chi connectivity index (χ2n) is 6.34. The molecule has 0 aliphatic carbocycles. The maximum Gasteiger partial charge on any atom is 0.0688 e. The molecule has 112 valence electrons. The topological polar surface area (TPSA) is 32.7 Å². The van der Waals surface area contributed by atoms with E-state index in [0.717, 1.165) is 19.4 Å². The molecule has 0 aromatic heterocycles. The molecule has 3 rings (SSSR count). The number of nitrogens with zero attached hydrogens (tertiary/aromatic N) is 1. The number of benzene rings is 1. The molecule has 2 saturated heterocycles. The summed E-state index contributed by atoms with van der Waals surface area (Å²) in [5, 5.41) is 10.8. The third-order valence-corrected chi connectivity index (χ3v) is 4.73. The van der Waals surface area contributed by atoms with Crippen molar-refractivity contribution in [1.29, 1.82) is 0 Å². The molecule has 2 fully saturated rings. The second kappa shape index (κ2) is 6.19. The predicted octanol–water partition coefficient (Wildman–Crippen LogP) is 2.19. The van der Waals surface area contributed by atoms with E-state index in [1.807, 2.05) is 6.07 Å². The number of terminal acetylenes is 1. The first-order chi connectivity index (χ1) is 10.2. The van der Waals surface area contributed by atoms with Crippen LogP contribution in [0.1, 0.15) is 31.2 Å². The van der Waals surface area contributed by atoms with Gasteiger partial charge in [0.15, 0.2) is 0 Å². The molecule has 0 radical (unpaired) electrons. The highest BCUT2D eigenvalue weighted by Gasteiger charge is 2.45. The summed E-state index contributed by atoms with van der Waals surface area (Å²) in [5.41, 5.74) is 0.710. The van der Waals surface area contributed by atoms with E-state index < -0.39 is 5.60 Å². The number of hydrogen-bond acceptors (Lipinski definition) is 3. The molecule has 1 N–H and O–H groups in total. The van der Waals surface area contributed by atoms with Crippen LogP contribution in [0.15, 0.2) is 30.3 Å². The lowest BCUT2D eigenvalue weighted by atomic mass is 9.78. The summed E-state index contributed by atoms with van der Waals surface area (Å²) in [6.45, 7) is 2.36. The van der Waals surface area contributed by atoms with Crippen LogP contribution in [0.2, 0.25) is 0 Å². The van der Waals surface area contributed by atoms with E-state index in [9.17, 15) is 5.11 Å². The van der Waals surface area contributed by atoms with Gasteiger partial charge >= 0.3 is 0 Å². The predicted molar refractivity (Wildman–Crippen MR) is 82.6 cm³/mol. The molecule has 0 amide bonds. The van der Waals surface area contributed by atoms with Crippen LogP contribution < -0.4 is 0 Å². The zero-order valence-electron chi connectivity index (χ0n) is 12.4. The molecule has 0 spiro atoms. The van der Waals surface area contributed by atoms with Gasteiger partial charge in [-0.3, -0.25) is 4.90 Å². The van der Waals surface area contributed by atoms with Gasteiger partial charge < -0.3 is 9.84 Å². The summed E-state index contributed by atoms with van der Waals surface area (Å²) in [6.07, 6.45) is 8.23. The Labute approximate surface area is 126 Å². The highest BCUT2D eigenvalue weighted by Crippen LogP contribution is 2.37. The van der Waals surface area contributed by atoms with Crippen molar-refractivity contribution in [3.05, 3.63) is 35.9 Å². The largest absolute Gasteiger partial charge is 0.390 e. The molecule has 1 aromatic carbocycles. The molecule has 2 aliphatic rings. The Morgan fingerprint density at radius 3 is 2.52 bits per heavy atom. The van der Waals surface area contributed by atoms with Crippen molar-refractivity contribution in [1.82, 2.24) is 4.90 Å². The summed E-state index contributed by atoms with van der Waals surface area (Å²) in [6, 6.07) is 11.1. The van der Waals surface area contributed by atoms with Gasteiger partial charge in [0.05, 0.1) is 18.8 Å². The van der Waals surface area contributed by atoms with Crippen LogP contribution in [0.4, 0.5) is 0 Å². The lowest BCUT2D eigenvalue weighted by Crippen LogP contribution is -2.61. The summed E-state index contributed by atoms with van der Waals surface area (Å²) in [7, 11) is 0. The number of hydrogen-bond donors (Lipinski definition) is 1. The van der Waals surface area contributed by atoms with Crippen molar-refractivity contribution in [3.8, 4) is 12.3 Å². The van der Waals surface area contributed by atoms with Crippen molar-refractivity contribution in [3.63, 3.8) is 0 Å². The normalized spacial score (nSPS) is 32.6. The van der Waals surface area contributed by atoms with Gasteiger partial charge in [-0.25, -0.2) is 0 Å². The fourth-order valence-corrected chi connectivity index (χ4v) is 3.70. The molecule has 2 bridgehead atoms. The Balaban J connectivity index is 1.72. The second-order valence-corrected chi connectivity index (χ2v) is 6.34. The summed E-state index contributed by atoms with van der Waals surface area (Å²) in [5.74, 6) is 2.65. The third-order valence-electron chi connectivity index (χ3n) is 4.73. The van der Waals surface area contributed by atoms with E-state index in [-0.39, 0.29) is 0 Å². The maximum atomic E-state index is 10.8. The monoisotopic (exact) mass is 285 g/mol. The van der Waals surface area contributed by atoms with Crippen molar-refractivity contribution in [2.45, 2.75) is 49.9 Å². The maximum absolute atomic E-state index is 10.8. The molecular formula is C18H23NO2. The fourth-order valence-electron chi connectivity index (χ4n) is 3.70. The average Bonchev–Trinajstić information content (AvgIpc) is 2.48. The van der Waals surface area contributed by atoms with E-state index in [2.05, 4.69) is 35.1 Å². The summed E-state index contributed by atoms with van der Waals surface area (Å²) in [4.78, 5) is 2.50. The van der Waals surface area contributed by atoms with Gasteiger partial charge in [-0.2, -0.15) is 0 Å².